The zero-order chi connectivity index (χ0) is 48.9. The summed E-state index contributed by atoms with van der Waals surface area (Å²) >= 11 is 0. The molecule has 0 radical (unpaired) electrons. The smallest absolute Gasteiger partial charge is 0.219 e. The molecule has 2 fully saturated rings. The maximum absolute atomic E-state index is 11.3. The van der Waals surface area contributed by atoms with Gasteiger partial charge in [0.25, 0.3) is 0 Å². The van der Waals surface area contributed by atoms with Crippen LogP contribution in [0.1, 0.15) is 133 Å². The van der Waals surface area contributed by atoms with Gasteiger partial charge < -0.3 is 9.64 Å². The normalized spacial score (nSPS) is 15.8. The van der Waals surface area contributed by atoms with E-state index in [-0.39, 0.29) is 33.2 Å². The standard InChI is InChI=1S/C14H16.C11H16O.C11H16.C10H20N2O.C9H20N2O2S/c1-14(2,3)13-10-6-8-11-7-4-5-9-12(11)13;1-11(2,3)9-6-5-7-10(8-9)12-4;1-9-6-5-7-10(8-9)11(2,3)4;1-9(13)11-5-7-12(8-6-11)10(2,3)4;1-9(2,3)10-5-7-11(8-6-10)14(4,12)13/h4-10H,1-3H3;5-8H,1-4H3;5-8H,1-4H3;5-8H2,1-4H3;5-8H2,1-4H3. The number of fused-ring (bicyclic) bond motifs is 1. The average molecular weight is 901 g/mol. The SMILES string of the molecule is CC(=O)N1CCN(C(C)(C)C)CC1.CC(C)(C)N1CCN(S(C)(=O)=O)CC1.CC(C)(C)c1cccc2ccccc12.COc1cccc(C(C)(C)C)c1.Cc1cccc(C(C)(C)C)c1. The molecule has 0 unspecified atom stereocenters. The van der Waals surface area contributed by atoms with Gasteiger partial charge in [-0.05, 0) is 104 Å². The number of hydrogen-bond acceptors (Lipinski definition) is 6. The van der Waals surface area contributed by atoms with Gasteiger partial charge in [0.15, 0.2) is 0 Å². The number of carbonyl (C=O) groups is 1. The number of aryl methyl sites for hydroxylation is 1. The van der Waals surface area contributed by atoms with Gasteiger partial charge in [-0.1, -0.05) is 147 Å². The Hall–Kier alpha value is -3.76. The molecule has 0 aromatic heterocycles. The first-order chi connectivity index (χ1) is 29.2. The molecule has 2 heterocycles. The van der Waals surface area contributed by atoms with Crippen molar-refractivity contribution in [3.8, 4) is 5.75 Å². The summed E-state index contributed by atoms with van der Waals surface area (Å²) in [6.07, 6.45) is 1.28. The summed E-state index contributed by atoms with van der Waals surface area (Å²) in [5, 5.41) is 2.71. The van der Waals surface area contributed by atoms with Crippen LogP contribution in [0.4, 0.5) is 0 Å². The van der Waals surface area contributed by atoms with Crippen LogP contribution in [0.15, 0.2) is 91.0 Å². The highest BCUT2D eigenvalue weighted by Crippen LogP contribution is 2.30. The predicted molar refractivity (Wildman–Crippen MR) is 276 cm³/mol. The lowest BCUT2D eigenvalue weighted by Crippen LogP contribution is -2.54. The van der Waals surface area contributed by atoms with Crippen LogP contribution in [0.2, 0.25) is 0 Å². The van der Waals surface area contributed by atoms with Crippen LogP contribution in [0, 0.1) is 6.92 Å². The fraction of sp³-hybridized carbons (Fsp3) is 0.582. The van der Waals surface area contributed by atoms with Gasteiger partial charge in [-0.25, -0.2) is 8.42 Å². The Kier molecular flexibility index (Phi) is 20.8. The van der Waals surface area contributed by atoms with E-state index in [2.05, 4.69) is 199 Å². The van der Waals surface area contributed by atoms with E-state index < -0.39 is 10.0 Å². The summed E-state index contributed by atoms with van der Waals surface area (Å²) in [5.74, 6) is 1.14. The molecule has 358 valence electrons. The van der Waals surface area contributed by atoms with Crippen molar-refractivity contribution in [3.05, 3.63) is 113 Å². The highest BCUT2D eigenvalue weighted by molar-refractivity contribution is 7.88. The lowest BCUT2D eigenvalue weighted by Gasteiger charge is -2.42. The largest absolute Gasteiger partial charge is 0.497 e. The molecule has 6 rings (SSSR count). The molecule has 2 saturated heterocycles. The number of rotatable bonds is 2. The topological polar surface area (TPSA) is 73.4 Å². The van der Waals surface area contributed by atoms with Crippen molar-refractivity contribution in [2.75, 3.05) is 65.7 Å². The van der Waals surface area contributed by atoms with Gasteiger partial charge in [-0.2, -0.15) is 4.31 Å². The van der Waals surface area contributed by atoms with Crippen molar-refractivity contribution < 1.29 is 17.9 Å². The van der Waals surface area contributed by atoms with E-state index in [1.54, 1.807) is 18.3 Å². The van der Waals surface area contributed by atoms with E-state index in [0.717, 1.165) is 45.0 Å². The van der Waals surface area contributed by atoms with Crippen molar-refractivity contribution in [2.45, 2.75) is 145 Å². The molecule has 0 atom stereocenters. The Morgan fingerprint density at radius 2 is 0.984 bits per heavy atom. The third kappa shape index (κ3) is 19.4. The van der Waals surface area contributed by atoms with Crippen molar-refractivity contribution in [3.63, 3.8) is 0 Å². The minimum Gasteiger partial charge on any atom is -0.497 e. The van der Waals surface area contributed by atoms with Gasteiger partial charge in [0.1, 0.15) is 5.75 Å². The molecule has 8 nitrogen and oxygen atoms in total. The Morgan fingerprint density at radius 3 is 1.39 bits per heavy atom. The number of carbonyl (C=O) groups excluding carboxylic acids is 1. The van der Waals surface area contributed by atoms with Crippen LogP contribution in [0.3, 0.4) is 0 Å². The van der Waals surface area contributed by atoms with Gasteiger partial charge in [0, 0.05) is 70.4 Å². The average Bonchev–Trinajstić information content (AvgIpc) is 3.20. The molecule has 0 saturated carbocycles. The molecular formula is C55H88N4O4S. The predicted octanol–water partition coefficient (Wildman–Crippen LogP) is 11.7. The fourth-order valence-electron chi connectivity index (χ4n) is 7.46. The molecular weight excluding hydrogens is 813 g/mol. The third-order valence-electron chi connectivity index (χ3n) is 11.7. The molecule has 0 spiro atoms. The number of nitrogens with zero attached hydrogens (tertiary/aromatic N) is 4. The van der Waals surface area contributed by atoms with Gasteiger partial charge in [-0.3, -0.25) is 14.6 Å². The first kappa shape index (κ1) is 56.4. The van der Waals surface area contributed by atoms with E-state index in [0.29, 0.717) is 13.1 Å². The van der Waals surface area contributed by atoms with E-state index in [4.69, 9.17) is 4.74 Å². The second kappa shape index (κ2) is 23.6. The quantitative estimate of drug-likeness (QED) is 0.200. The molecule has 1 amide bonds. The summed E-state index contributed by atoms with van der Waals surface area (Å²) in [4.78, 5) is 17.7. The van der Waals surface area contributed by atoms with E-state index >= 15 is 0 Å². The van der Waals surface area contributed by atoms with Crippen molar-refractivity contribution >= 4 is 26.7 Å². The second-order valence-corrected chi connectivity index (χ2v) is 24.3. The summed E-state index contributed by atoms with van der Waals surface area (Å²) in [6, 6.07) is 32.0. The first-order valence-corrected chi connectivity index (χ1v) is 25.0. The van der Waals surface area contributed by atoms with Crippen LogP contribution in [0.25, 0.3) is 10.8 Å². The van der Waals surface area contributed by atoms with Crippen LogP contribution in [-0.4, -0.2) is 110 Å². The van der Waals surface area contributed by atoms with Crippen LogP contribution < -0.4 is 4.74 Å². The van der Waals surface area contributed by atoms with Crippen LogP contribution >= 0.6 is 0 Å². The third-order valence-corrected chi connectivity index (χ3v) is 13.1. The van der Waals surface area contributed by atoms with E-state index in [9.17, 15) is 13.2 Å². The molecule has 4 aromatic carbocycles. The summed E-state index contributed by atoms with van der Waals surface area (Å²) in [6.45, 7) is 43.7. The minimum atomic E-state index is -2.99. The molecule has 2 aliphatic heterocycles. The first-order valence-electron chi connectivity index (χ1n) is 23.2. The highest BCUT2D eigenvalue weighted by atomic mass is 32.2. The number of amides is 1. The Morgan fingerprint density at radius 1 is 0.547 bits per heavy atom. The Balaban J connectivity index is 0.000000276. The molecule has 4 aromatic rings. The van der Waals surface area contributed by atoms with Gasteiger partial charge in [-0.15, -0.1) is 0 Å². The Labute approximate surface area is 391 Å². The number of ether oxygens (including phenoxy) is 1. The number of sulfonamides is 1. The van der Waals surface area contributed by atoms with E-state index in [1.807, 2.05) is 17.0 Å². The van der Waals surface area contributed by atoms with Gasteiger partial charge >= 0.3 is 0 Å². The van der Waals surface area contributed by atoms with Gasteiger partial charge in [0.05, 0.1) is 13.4 Å². The maximum Gasteiger partial charge on any atom is 0.219 e. The van der Waals surface area contributed by atoms with Gasteiger partial charge in [0.2, 0.25) is 15.9 Å². The molecule has 0 aliphatic carbocycles. The fourth-order valence-corrected chi connectivity index (χ4v) is 8.29. The molecule has 9 heteroatoms. The minimum absolute atomic E-state index is 0.142. The summed E-state index contributed by atoms with van der Waals surface area (Å²) in [7, 11) is -1.29. The summed E-state index contributed by atoms with van der Waals surface area (Å²) in [5.41, 5.74) is 6.58. The van der Waals surface area contributed by atoms with E-state index in [1.165, 1.54) is 39.3 Å². The zero-order valence-corrected chi connectivity index (χ0v) is 44.5. The van der Waals surface area contributed by atoms with Crippen molar-refractivity contribution in [1.29, 1.82) is 0 Å². The van der Waals surface area contributed by atoms with Crippen molar-refractivity contribution in [2.24, 2.45) is 0 Å². The Bertz CT molecular complexity index is 2130. The number of piperazine rings is 2. The second-order valence-electron chi connectivity index (χ2n) is 22.4. The number of benzene rings is 4. The summed E-state index contributed by atoms with van der Waals surface area (Å²) < 4.78 is 29.2. The van der Waals surface area contributed by atoms with Crippen LogP contribution in [0.5, 0.6) is 5.75 Å². The zero-order valence-electron chi connectivity index (χ0n) is 43.6. The molecule has 0 N–H and O–H groups in total. The lowest BCUT2D eigenvalue weighted by molar-refractivity contribution is -0.131. The van der Waals surface area contributed by atoms with Crippen LogP contribution in [-0.2, 0) is 31.1 Å². The molecule has 2 aliphatic rings. The molecule has 64 heavy (non-hydrogen) atoms. The highest BCUT2D eigenvalue weighted by Gasteiger charge is 2.29. The maximum atomic E-state index is 11.3. The lowest BCUT2D eigenvalue weighted by atomic mass is 9.84. The molecule has 0 bridgehead atoms. The number of hydrogen-bond donors (Lipinski definition) is 0. The number of methoxy groups -OCH3 is 1. The monoisotopic (exact) mass is 901 g/mol. The van der Waals surface area contributed by atoms with Crippen molar-refractivity contribution in [1.82, 2.24) is 19.0 Å².